The van der Waals surface area contributed by atoms with Crippen LogP contribution < -0.4 is 14.2 Å². The van der Waals surface area contributed by atoms with E-state index in [1.54, 1.807) is 0 Å². The fourth-order valence-corrected chi connectivity index (χ4v) is 7.74. The maximum absolute atomic E-state index is 15.4. The van der Waals surface area contributed by atoms with Gasteiger partial charge in [-0.15, -0.1) is 0 Å². The van der Waals surface area contributed by atoms with Crippen LogP contribution in [0.15, 0.2) is 42.5 Å². The number of ether oxygens (including phenoxy) is 4. The molecule has 0 aromatic heterocycles. The minimum absolute atomic E-state index is 0.0472. The van der Waals surface area contributed by atoms with Crippen LogP contribution in [-0.2, 0) is 26.0 Å². The van der Waals surface area contributed by atoms with Crippen molar-refractivity contribution in [2.75, 3.05) is 33.1 Å². The van der Waals surface area contributed by atoms with Crippen molar-refractivity contribution in [2.45, 2.75) is 64.1 Å². The van der Waals surface area contributed by atoms with Gasteiger partial charge in [0.1, 0.15) is 35.3 Å². The van der Waals surface area contributed by atoms with Gasteiger partial charge < -0.3 is 18.9 Å². The Bertz CT molecular complexity index is 1670. The van der Waals surface area contributed by atoms with Crippen molar-refractivity contribution in [1.82, 2.24) is 4.31 Å². The van der Waals surface area contributed by atoms with Crippen molar-refractivity contribution < 1.29 is 36.6 Å². The van der Waals surface area contributed by atoms with Crippen LogP contribution in [0.25, 0.3) is 11.1 Å². The molecule has 234 valence electrons. The number of halogens is 1. The summed E-state index contributed by atoms with van der Waals surface area (Å²) in [4.78, 5) is 11.8. The zero-order valence-electron chi connectivity index (χ0n) is 25.5. The molecule has 44 heavy (non-hydrogen) atoms. The van der Waals surface area contributed by atoms with Crippen molar-refractivity contribution in [1.29, 1.82) is 0 Å². The molecule has 0 amide bonds. The number of aryl methyl sites for hydroxylation is 2. The predicted octanol–water partition coefficient (Wildman–Crippen LogP) is 6.02. The van der Waals surface area contributed by atoms with Crippen LogP contribution in [-0.4, -0.2) is 57.9 Å². The van der Waals surface area contributed by atoms with E-state index in [0.29, 0.717) is 62.4 Å². The van der Waals surface area contributed by atoms with Crippen molar-refractivity contribution in [3.63, 3.8) is 0 Å². The summed E-state index contributed by atoms with van der Waals surface area (Å²) in [6.07, 6.45) is 3.64. The number of rotatable bonds is 8. The van der Waals surface area contributed by atoms with Crippen LogP contribution in [0.5, 0.6) is 17.2 Å². The van der Waals surface area contributed by atoms with Gasteiger partial charge >= 0.3 is 5.97 Å². The van der Waals surface area contributed by atoms with Crippen molar-refractivity contribution in [3.8, 4) is 28.4 Å². The first kappa shape index (κ1) is 30.4. The summed E-state index contributed by atoms with van der Waals surface area (Å²) < 4.78 is 63.9. The van der Waals surface area contributed by atoms with Gasteiger partial charge in [0.25, 0.3) is 0 Å². The Morgan fingerprint density at radius 2 is 1.73 bits per heavy atom. The lowest BCUT2D eigenvalue weighted by Gasteiger charge is -2.30. The van der Waals surface area contributed by atoms with Gasteiger partial charge in [0.15, 0.2) is 0 Å². The lowest BCUT2D eigenvalue weighted by Crippen LogP contribution is -2.41. The quantitative estimate of drug-likeness (QED) is 0.284. The van der Waals surface area contributed by atoms with Crippen LogP contribution in [0, 0.1) is 19.7 Å². The Morgan fingerprint density at radius 1 is 1.00 bits per heavy atom. The smallest absolute Gasteiger partial charge is 0.306 e. The Morgan fingerprint density at radius 3 is 2.41 bits per heavy atom. The van der Waals surface area contributed by atoms with Gasteiger partial charge in [-0.25, -0.2) is 17.1 Å². The third-order valence-corrected chi connectivity index (χ3v) is 10.3. The van der Waals surface area contributed by atoms with Gasteiger partial charge in [0.2, 0.25) is 10.0 Å². The molecule has 2 aliphatic heterocycles. The summed E-state index contributed by atoms with van der Waals surface area (Å²) >= 11 is 0. The number of hydrogen-bond donors (Lipinski definition) is 0. The molecule has 6 rings (SSSR count). The van der Waals surface area contributed by atoms with E-state index in [9.17, 15) is 13.2 Å². The number of benzene rings is 3. The zero-order valence-corrected chi connectivity index (χ0v) is 26.3. The number of fused-ring (bicyclic) bond motifs is 2. The van der Waals surface area contributed by atoms with E-state index < -0.39 is 16.1 Å². The molecule has 0 bridgehead atoms. The second-order valence-electron chi connectivity index (χ2n) is 12.0. The zero-order chi connectivity index (χ0) is 31.2. The predicted molar refractivity (Wildman–Crippen MR) is 164 cm³/mol. The van der Waals surface area contributed by atoms with E-state index >= 15 is 4.39 Å². The molecule has 8 nitrogen and oxygen atoms in total. The van der Waals surface area contributed by atoms with E-state index in [4.69, 9.17) is 18.9 Å². The molecule has 3 aromatic carbocycles. The SMILES string of the molecule is COC(=O)CC1COc2cc(OC3CCc4c(-c5c(C)cc(OC6CCN(S(C)(=O)=O)CC6)cc5C)ccc(F)c43)ccc21. The highest BCUT2D eigenvalue weighted by atomic mass is 32.2. The first-order chi connectivity index (χ1) is 21.0. The largest absolute Gasteiger partial charge is 0.492 e. The second-order valence-corrected chi connectivity index (χ2v) is 14.0. The molecule has 1 fully saturated rings. The number of hydrogen-bond acceptors (Lipinski definition) is 7. The minimum Gasteiger partial charge on any atom is -0.492 e. The van der Waals surface area contributed by atoms with Crippen molar-refractivity contribution in [2.24, 2.45) is 0 Å². The van der Waals surface area contributed by atoms with Crippen molar-refractivity contribution >= 4 is 16.0 Å². The molecular formula is C34H38FNO7S. The van der Waals surface area contributed by atoms with Gasteiger partial charge in [-0.1, -0.05) is 12.1 Å². The first-order valence-electron chi connectivity index (χ1n) is 15.1. The van der Waals surface area contributed by atoms with E-state index in [0.717, 1.165) is 39.1 Å². The molecule has 2 atom stereocenters. The maximum Gasteiger partial charge on any atom is 0.306 e. The highest BCUT2D eigenvalue weighted by Gasteiger charge is 2.33. The molecule has 0 radical (unpaired) electrons. The number of nitrogens with zero attached hydrogens (tertiary/aromatic N) is 1. The van der Waals surface area contributed by atoms with Gasteiger partial charge in [-0.05, 0) is 91.6 Å². The van der Waals surface area contributed by atoms with Crippen LogP contribution in [0.3, 0.4) is 0 Å². The van der Waals surface area contributed by atoms with Crippen LogP contribution >= 0.6 is 0 Å². The fraction of sp³-hybridized carbons (Fsp3) is 0.441. The molecule has 3 aromatic rings. The van der Waals surface area contributed by atoms with Gasteiger partial charge in [-0.3, -0.25) is 4.79 Å². The van der Waals surface area contributed by atoms with E-state index in [1.165, 1.54) is 23.7 Å². The molecule has 0 saturated carbocycles. The summed E-state index contributed by atoms with van der Waals surface area (Å²) in [5.41, 5.74) is 6.61. The molecule has 10 heteroatoms. The molecule has 1 aliphatic carbocycles. The maximum atomic E-state index is 15.4. The van der Waals surface area contributed by atoms with E-state index in [1.807, 2.05) is 50.2 Å². The number of esters is 1. The summed E-state index contributed by atoms with van der Waals surface area (Å²) in [6.45, 7) is 5.40. The monoisotopic (exact) mass is 623 g/mol. The lowest BCUT2D eigenvalue weighted by atomic mass is 9.90. The molecule has 2 unspecified atom stereocenters. The Balaban J connectivity index is 1.20. The third kappa shape index (κ3) is 6.02. The highest BCUT2D eigenvalue weighted by Crippen LogP contribution is 2.45. The molecule has 1 saturated heterocycles. The van der Waals surface area contributed by atoms with Crippen LogP contribution in [0.4, 0.5) is 4.39 Å². The normalized spacial score (nSPS) is 20.1. The standard InChI is InChI=1S/C34H38FNO7S/c1-20-15-25(42-23-11-13-36(14-12-23)44(4,38)39)16-21(2)33(20)27-7-9-29(35)34-28(27)8-10-30(34)43-24-5-6-26-22(17-32(37)40-3)19-41-31(26)18-24/h5-7,9,15-16,18,22-23,30H,8,10-14,17,19H2,1-4H3. The van der Waals surface area contributed by atoms with E-state index in [-0.39, 0.29) is 30.2 Å². The van der Waals surface area contributed by atoms with Crippen molar-refractivity contribution in [3.05, 3.63) is 76.1 Å². The average molecular weight is 624 g/mol. The third-order valence-electron chi connectivity index (χ3n) is 9.01. The second kappa shape index (κ2) is 12.0. The van der Waals surface area contributed by atoms with Gasteiger partial charge in [-0.2, -0.15) is 0 Å². The minimum atomic E-state index is -3.19. The molecule has 3 aliphatic rings. The molecule has 0 N–H and O–H groups in total. The summed E-state index contributed by atoms with van der Waals surface area (Å²) in [5, 5.41) is 0. The Kier molecular flexibility index (Phi) is 8.32. The Hall–Kier alpha value is -3.63. The summed E-state index contributed by atoms with van der Waals surface area (Å²) in [7, 11) is -1.81. The first-order valence-corrected chi connectivity index (χ1v) is 16.9. The highest BCUT2D eigenvalue weighted by molar-refractivity contribution is 7.88. The van der Waals surface area contributed by atoms with Crippen LogP contribution in [0.1, 0.15) is 65.5 Å². The molecule has 2 heterocycles. The Labute approximate surface area is 258 Å². The summed E-state index contributed by atoms with van der Waals surface area (Å²) in [5.74, 6) is 1.42. The molecular weight excluding hydrogens is 585 g/mol. The number of sulfonamides is 1. The fourth-order valence-electron chi connectivity index (χ4n) is 6.86. The lowest BCUT2D eigenvalue weighted by molar-refractivity contribution is -0.141. The number of carbonyl (C=O) groups is 1. The number of piperidine rings is 1. The number of carbonyl (C=O) groups excluding carboxylic acids is 1. The number of methoxy groups -OCH3 is 1. The topological polar surface area (TPSA) is 91.4 Å². The molecule has 0 spiro atoms. The van der Waals surface area contributed by atoms with Gasteiger partial charge in [0, 0.05) is 36.2 Å². The van der Waals surface area contributed by atoms with E-state index in [2.05, 4.69) is 0 Å². The van der Waals surface area contributed by atoms with Gasteiger partial charge in [0.05, 0.1) is 26.4 Å². The average Bonchev–Trinajstić information content (AvgIpc) is 3.58. The summed E-state index contributed by atoms with van der Waals surface area (Å²) in [6, 6.07) is 13.0. The van der Waals surface area contributed by atoms with Crippen LogP contribution in [0.2, 0.25) is 0 Å².